The number of hydrogen-bond acceptors (Lipinski definition) is 5. The second-order valence-electron chi connectivity index (χ2n) is 6.49. The average Bonchev–Trinajstić information content (AvgIpc) is 2.78. The van der Waals surface area contributed by atoms with E-state index in [1.165, 1.54) is 19.2 Å². The molecule has 3 rings (SSSR count). The van der Waals surface area contributed by atoms with Crippen LogP contribution in [0.15, 0.2) is 60.9 Å². The molecule has 0 radical (unpaired) electrons. The Balaban J connectivity index is 1.99. The molecule has 0 spiro atoms. The molecule has 2 aromatic carbocycles. The van der Waals surface area contributed by atoms with Crippen molar-refractivity contribution in [3.05, 3.63) is 87.7 Å². The van der Waals surface area contributed by atoms with Gasteiger partial charge in [-0.05, 0) is 61.0 Å². The van der Waals surface area contributed by atoms with E-state index in [4.69, 9.17) is 32.7 Å². The number of esters is 1. The third-order valence-electron chi connectivity index (χ3n) is 4.47. The summed E-state index contributed by atoms with van der Waals surface area (Å²) in [6.07, 6.45) is 3.31. The fraction of sp³-hybridized carbons (Fsp3) is 0.174. The first-order valence-corrected chi connectivity index (χ1v) is 10.2. The summed E-state index contributed by atoms with van der Waals surface area (Å²) in [5.41, 5.74) is 2.18. The molecule has 1 heterocycles. The fourth-order valence-electron chi connectivity index (χ4n) is 2.98. The van der Waals surface area contributed by atoms with Crippen LogP contribution in [0.2, 0.25) is 10.0 Å². The minimum atomic E-state index is -0.422. The lowest BCUT2D eigenvalue weighted by Crippen LogP contribution is -2.30. The van der Waals surface area contributed by atoms with Crippen molar-refractivity contribution < 1.29 is 19.1 Å². The number of methoxy groups -OCH3 is 1. The minimum absolute atomic E-state index is 0.236. The quantitative estimate of drug-likeness (QED) is 0.442. The van der Waals surface area contributed by atoms with Crippen LogP contribution in [-0.2, 0) is 11.3 Å². The van der Waals surface area contributed by atoms with E-state index in [2.05, 4.69) is 4.98 Å². The molecule has 0 aliphatic heterocycles. The molecule has 0 saturated heterocycles. The normalized spacial score (nSPS) is 10.5. The number of nitrogens with zero attached hydrogens (tertiary/aromatic N) is 2. The third kappa shape index (κ3) is 5.34. The summed E-state index contributed by atoms with van der Waals surface area (Å²) in [6.45, 7) is 2.31. The van der Waals surface area contributed by atoms with Crippen molar-refractivity contribution in [3.8, 4) is 5.75 Å². The summed E-state index contributed by atoms with van der Waals surface area (Å²) < 4.78 is 10.2. The number of benzene rings is 2. The second-order valence-corrected chi connectivity index (χ2v) is 7.30. The lowest BCUT2D eigenvalue weighted by molar-refractivity contribution is 0.0526. The van der Waals surface area contributed by atoms with Crippen LogP contribution in [0.3, 0.4) is 0 Å². The van der Waals surface area contributed by atoms with Gasteiger partial charge in [0.1, 0.15) is 0 Å². The minimum Gasteiger partial charge on any atom is -0.494 e. The Labute approximate surface area is 190 Å². The molecule has 160 valence electrons. The summed E-state index contributed by atoms with van der Waals surface area (Å²) in [5.74, 6) is -0.429. The van der Waals surface area contributed by atoms with Crippen molar-refractivity contribution in [1.29, 1.82) is 0 Å². The van der Waals surface area contributed by atoms with E-state index in [-0.39, 0.29) is 29.1 Å². The number of pyridine rings is 1. The molecule has 0 bridgehead atoms. The SMILES string of the molecule is CCOC(=O)c1ccc(N(Cc2ccncc2)C(=O)c2cc(Cl)c(OC)c(Cl)c2)cc1. The van der Waals surface area contributed by atoms with Crippen LogP contribution in [0.1, 0.15) is 33.2 Å². The van der Waals surface area contributed by atoms with Crippen LogP contribution in [-0.4, -0.2) is 30.6 Å². The van der Waals surface area contributed by atoms with Crippen LogP contribution < -0.4 is 9.64 Å². The predicted octanol–water partition coefficient (Wildman–Crippen LogP) is 5.42. The molecule has 1 amide bonds. The summed E-state index contributed by atoms with van der Waals surface area (Å²) in [5, 5.41) is 0.472. The largest absolute Gasteiger partial charge is 0.494 e. The van der Waals surface area contributed by atoms with Crippen LogP contribution in [0.4, 0.5) is 5.69 Å². The maximum atomic E-state index is 13.4. The topological polar surface area (TPSA) is 68.7 Å². The van der Waals surface area contributed by atoms with E-state index in [0.717, 1.165) is 5.56 Å². The zero-order valence-corrected chi connectivity index (χ0v) is 18.5. The zero-order valence-electron chi connectivity index (χ0n) is 17.0. The van der Waals surface area contributed by atoms with Gasteiger partial charge in [-0.1, -0.05) is 23.2 Å². The maximum Gasteiger partial charge on any atom is 0.338 e. The van der Waals surface area contributed by atoms with Gasteiger partial charge in [0.2, 0.25) is 0 Å². The number of carbonyl (C=O) groups excluding carboxylic acids is 2. The van der Waals surface area contributed by atoms with Gasteiger partial charge in [0.15, 0.2) is 5.75 Å². The van der Waals surface area contributed by atoms with Gasteiger partial charge in [-0.25, -0.2) is 4.79 Å². The molecule has 8 heteroatoms. The van der Waals surface area contributed by atoms with Gasteiger partial charge in [0, 0.05) is 23.6 Å². The molecule has 0 aliphatic rings. The molecule has 0 atom stereocenters. The second kappa shape index (κ2) is 10.3. The monoisotopic (exact) mass is 458 g/mol. The van der Waals surface area contributed by atoms with E-state index in [0.29, 0.717) is 22.6 Å². The number of halogens is 2. The Bertz CT molecular complexity index is 1050. The Morgan fingerprint density at radius 2 is 1.58 bits per heavy atom. The van der Waals surface area contributed by atoms with Crippen molar-refractivity contribution in [1.82, 2.24) is 4.98 Å². The number of anilines is 1. The lowest BCUT2D eigenvalue weighted by Gasteiger charge is -2.24. The highest BCUT2D eigenvalue weighted by atomic mass is 35.5. The summed E-state index contributed by atoms with van der Waals surface area (Å²) in [4.78, 5) is 31.0. The summed E-state index contributed by atoms with van der Waals surface area (Å²) in [6, 6.07) is 13.3. The van der Waals surface area contributed by atoms with Gasteiger partial charge in [-0.2, -0.15) is 0 Å². The van der Waals surface area contributed by atoms with Crippen LogP contribution in [0.5, 0.6) is 5.75 Å². The van der Waals surface area contributed by atoms with Gasteiger partial charge in [-0.3, -0.25) is 9.78 Å². The van der Waals surface area contributed by atoms with Crippen LogP contribution >= 0.6 is 23.2 Å². The number of carbonyl (C=O) groups is 2. The molecule has 0 saturated carbocycles. The van der Waals surface area contributed by atoms with Crippen molar-refractivity contribution in [2.24, 2.45) is 0 Å². The molecule has 0 aliphatic carbocycles. The molecule has 6 nitrogen and oxygen atoms in total. The zero-order chi connectivity index (χ0) is 22.4. The summed E-state index contributed by atoms with van der Waals surface area (Å²) >= 11 is 12.5. The molecule has 0 fully saturated rings. The summed E-state index contributed by atoms with van der Waals surface area (Å²) in [7, 11) is 1.45. The molecular weight excluding hydrogens is 439 g/mol. The van der Waals surface area contributed by atoms with Crippen molar-refractivity contribution in [2.45, 2.75) is 13.5 Å². The van der Waals surface area contributed by atoms with Gasteiger partial charge < -0.3 is 14.4 Å². The van der Waals surface area contributed by atoms with Gasteiger partial charge in [-0.15, -0.1) is 0 Å². The highest BCUT2D eigenvalue weighted by Crippen LogP contribution is 2.34. The third-order valence-corrected chi connectivity index (χ3v) is 5.04. The smallest absolute Gasteiger partial charge is 0.338 e. The number of aromatic nitrogens is 1. The highest BCUT2D eigenvalue weighted by molar-refractivity contribution is 6.37. The van der Waals surface area contributed by atoms with E-state index in [1.54, 1.807) is 48.5 Å². The van der Waals surface area contributed by atoms with Gasteiger partial charge >= 0.3 is 5.97 Å². The van der Waals surface area contributed by atoms with E-state index in [1.807, 2.05) is 12.1 Å². The highest BCUT2D eigenvalue weighted by Gasteiger charge is 2.21. The van der Waals surface area contributed by atoms with E-state index in [9.17, 15) is 9.59 Å². The standard InChI is InChI=1S/C23H20Cl2N2O4/c1-3-31-23(29)16-4-6-18(7-5-16)27(14-15-8-10-26-11-9-15)22(28)17-12-19(24)21(30-2)20(25)13-17/h4-13H,3,14H2,1-2H3. The fourth-order valence-corrected chi connectivity index (χ4v) is 3.62. The van der Waals surface area contributed by atoms with E-state index < -0.39 is 5.97 Å². The molecule has 3 aromatic rings. The Hall–Kier alpha value is -3.09. The molecule has 0 N–H and O–H groups in total. The number of rotatable bonds is 7. The number of hydrogen-bond donors (Lipinski definition) is 0. The average molecular weight is 459 g/mol. The van der Waals surface area contributed by atoms with Crippen molar-refractivity contribution >= 4 is 40.8 Å². The Morgan fingerprint density at radius 1 is 0.968 bits per heavy atom. The predicted molar refractivity (Wildman–Crippen MR) is 120 cm³/mol. The van der Waals surface area contributed by atoms with Crippen LogP contribution in [0, 0.1) is 0 Å². The lowest BCUT2D eigenvalue weighted by atomic mass is 10.1. The maximum absolute atomic E-state index is 13.4. The molecule has 31 heavy (non-hydrogen) atoms. The van der Waals surface area contributed by atoms with Gasteiger partial charge in [0.25, 0.3) is 5.91 Å². The van der Waals surface area contributed by atoms with Crippen molar-refractivity contribution in [2.75, 3.05) is 18.6 Å². The van der Waals surface area contributed by atoms with Crippen LogP contribution in [0.25, 0.3) is 0 Å². The van der Waals surface area contributed by atoms with E-state index >= 15 is 0 Å². The molecule has 1 aromatic heterocycles. The first-order chi connectivity index (χ1) is 14.9. The first-order valence-electron chi connectivity index (χ1n) is 9.45. The Morgan fingerprint density at radius 3 is 2.13 bits per heavy atom. The number of amides is 1. The molecular formula is C23H20Cl2N2O4. The Kier molecular flexibility index (Phi) is 7.50. The molecule has 0 unspecified atom stereocenters. The first kappa shape index (κ1) is 22.6. The van der Waals surface area contributed by atoms with Crippen molar-refractivity contribution in [3.63, 3.8) is 0 Å². The number of ether oxygens (including phenoxy) is 2. The van der Waals surface area contributed by atoms with Gasteiger partial charge in [0.05, 0.1) is 35.9 Å².